The van der Waals surface area contributed by atoms with Crippen LogP contribution in [0.25, 0.3) is 6.08 Å². The molecule has 3 rings (SSSR count). The Morgan fingerprint density at radius 1 is 1.10 bits per heavy atom. The summed E-state index contributed by atoms with van der Waals surface area (Å²) < 4.78 is 44.9. The van der Waals surface area contributed by atoms with Crippen molar-refractivity contribution < 1.29 is 27.5 Å². The second kappa shape index (κ2) is 8.16. The fourth-order valence-corrected chi connectivity index (χ4v) is 3.44. The van der Waals surface area contributed by atoms with Crippen LogP contribution in [0.1, 0.15) is 18.1 Å². The number of methoxy groups -OCH3 is 1. The van der Waals surface area contributed by atoms with Crippen molar-refractivity contribution in [3.05, 3.63) is 80.5 Å². The summed E-state index contributed by atoms with van der Waals surface area (Å²) in [7, 11) is 1.12. The van der Waals surface area contributed by atoms with Gasteiger partial charge < -0.3 is 4.74 Å². The van der Waals surface area contributed by atoms with Crippen LogP contribution >= 0.6 is 23.2 Å². The number of alkyl halides is 3. The Kier molecular flexibility index (Phi) is 5.97. The van der Waals surface area contributed by atoms with Crippen LogP contribution in [0.15, 0.2) is 59.3 Å². The molecule has 0 atom stereocenters. The van der Waals surface area contributed by atoms with Gasteiger partial charge in [0, 0.05) is 5.70 Å². The lowest BCUT2D eigenvalue weighted by molar-refractivity contribution is -0.138. The molecular weight excluding hydrogens is 442 g/mol. The molecule has 0 fully saturated rings. The topological polar surface area (TPSA) is 46.6 Å². The molecule has 0 unspecified atom stereocenters. The molecule has 1 heterocycles. The molecule has 0 N–H and O–H groups in total. The molecule has 1 aliphatic heterocycles. The third-order valence-electron chi connectivity index (χ3n) is 4.52. The van der Waals surface area contributed by atoms with Crippen molar-refractivity contribution in [1.29, 1.82) is 0 Å². The van der Waals surface area contributed by atoms with Gasteiger partial charge in [-0.25, -0.2) is 4.79 Å². The van der Waals surface area contributed by atoms with Crippen molar-refractivity contribution in [1.82, 2.24) is 0 Å². The number of carbonyl (C=O) groups excluding carboxylic acids is 2. The van der Waals surface area contributed by atoms with Gasteiger partial charge in [-0.05, 0) is 42.8 Å². The van der Waals surface area contributed by atoms with E-state index in [-0.39, 0.29) is 32.5 Å². The number of benzene rings is 2. The maximum absolute atomic E-state index is 13.4. The predicted molar refractivity (Wildman–Crippen MR) is 108 cm³/mol. The summed E-state index contributed by atoms with van der Waals surface area (Å²) in [6.07, 6.45) is -3.60. The summed E-state index contributed by atoms with van der Waals surface area (Å²) in [4.78, 5) is 26.7. The van der Waals surface area contributed by atoms with Gasteiger partial charge in [-0.15, -0.1) is 0 Å². The largest absolute Gasteiger partial charge is 0.465 e. The highest BCUT2D eigenvalue weighted by atomic mass is 35.5. The van der Waals surface area contributed by atoms with E-state index in [1.54, 1.807) is 0 Å². The lowest BCUT2D eigenvalue weighted by Crippen LogP contribution is -2.24. The van der Waals surface area contributed by atoms with Gasteiger partial charge in [0.15, 0.2) is 0 Å². The Bertz CT molecular complexity index is 1110. The van der Waals surface area contributed by atoms with E-state index in [0.717, 1.165) is 19.3 Å². The Labute approximate surface area is 180 Å². The minimum absolute atomic E-state index is 0.134. The van der Waals surface area contributed by atoms with E-state index in [1.807, 2.05) is 0 Å². The number of ether oxygens (including phenoxy) is 1. The molecule has 0 radical (unpaired) electrons. The predicted octanol–water partition coefficient (Wildman–Crippen LogP) is 5.89. The normalized spacial score (nSPS) is 15.9. The standard InChI is InChI=1S/C21H14Cl2F3NO3/c1-11-18(20(29)30-2)14(9-12-5-3-4-6-15(12)21(24,25)26)19(28)27(11)13-7-8-16(22)17(23)10-13/h3-10H,1-2H3/b14-9-. The molecule has 0 aromatic heterocycles. The van der Waals surface area contributed by atoms with E-state index in [0.29, 0.717) is 5.69 Å². The van der Waals surface area contributed by atoms with Gasteiger partial charge in [0.25, 0.3) is 5.91 Å². The van der Waals surface area contributed by atoms with E-state index in [1.165, 1.54) is 48.2 Å². The zero-order chi connectivity index (χ0) is 22.2. The molecule has 0 aliphatic carbocycles. The molecule has 9 heteroatoms. The summed E-state index contributed by atoms with van der Waals surface area (Å²) >= 11 is 12.0. The van der Waals surface area contributed by atoms with Crippen molar-refractivity contribution in [2.45, 2.75) is 13.1 Å². The van der Waals surface area contributed by atoms with Crippen molar-refractivity contribution in [3.63, 3.8) is 0 Å². The Balaban J connectivity index is 2.20. The van der Waals surface area contributed by atoms with E-state index < -0.39 is 23.6 Å². The first kappa shape index (κ1) is 21.9. The zero-order valence-electron chi connectivity index (χ0n) is 15.7. The number of amides is 1. The molecule has 0 saturated carbocycles. The second-order valence-electron chi connectivity index (χ2n) is 6.33. The second-order valence-corrected chi connectivity index (χ2v) is 7.15. The number of hydrogen-bond acceptors (Lipinski definition) is 3. The minimum atomic E-state index is -4.64. The van der Waals surface area contributed by atoms with Gasteiger partial charge in [0.05, 0.1) is 39.6 Å². The monoisotopic (exact) mass is 455 g/mol. The Hall–Kier alpha value is -2.77. The van der Waals surface area contributed by atoms with Gasteiger partial charge in [0.1, 0.15) is 0 Å². The van der Waals surface area contributed by atoms with Crippen LogP contribution in [0.3, 0.4) is 0 Å². The number of allylic oxidation sites excluding steroid dienone is 1. The SMILES string of the molecule is COC(=O)C1=C(C)N(c2ccc(Cl)c(Cl)c2)C(=O)/C1=C\c1ccccc1C(F)(F)F. The molecule has 0 saturated heterocycles. The summed E-state index contributed by atoms with van der Waals surface area (Å²) in [5, 5.41) is 0.436. The molecule has 0 spiro atoms. The summed E-state index contributed by atoms with van der Waals surface area (Å²) in [5.74, 6) is -1.54. The maximum Gasteiger partial charge on any atom is 0.416 e. The smallest absolute Gasteiger partial charge is 0.416 e. The molecule has 1 amide bonds. The molecular formula is C21H14Cl2F3NO3. The highest BCUT2D eigenvalue weighted by Gasteiger charge is 2.39. The van der Waals surface area contributed by atoms with Crippen LogP contribution in [0.2, 0.25) is 10.0 Å². The lowest BCUT2D eigenvalue weighted by Gasteiger charge is -2.18. The Morgan fingerprint density at radius 3 is 2.37 bits per heavy atom. The van der Waals surface area contributed by atoms with Crippen LogP contribution in [0, 0.1) is 0 Å². The van der Waals surface area contributed by atoms with Crippen LogP contribution in [0.5, 0.6) is 0 Å². The lowest BCUT2D eigenvalue weighted by atomic mass is 10.00. The average molecular weight is 456 g/mol. The van der Waals surface area contributed by atoms with Gasteiger partial charge in [0.2, 0.25) is 0 Å². The quantitative estimate of drug-likeness (QED) is 0.428. The van der Waals surface area contributed by atoms with Crippen molar-refractivity contribution in [2.24, 2.45) is 0 Å². The number of carbonyl (C=O) groups is 2. The van der Waals surface area contributed by atoms with E-state index in [9.17, 15) is 22.8 Å². The fourth-order valence-electron chi connectivity index (χ4n) is 3.15. The zero-order valence-corrected chi connectivity index (χ0v) is 17.2. The number of hydrogen-bond donors (Lipinski definition) is 0. The van der Waals surface area contributed by atoms with Crippen LogP contribution in [0.4, 0.5) is 18.9 Å². The highest BCUT2D eigenvalue weighted by molar-refractivity contribution is 6.42. The molecule has 30 heavy (non-hydrogen) atoms. The van der Waals surface area contributed by atoms with Gasteiger partial charge in [-0.2, -0.15) is 13.2 Å². The third-order valence-corrected chi connectivity index (χ3v) is 5.26. The first-order valence-corrected chi connectivity index (χ1v) is 9.29. The number of nitrogens with zero attached hydrogens (tertiary/aromatic N) is 1. The van der Waals surface area contributed by atoms with Crippen LogP contribution in [-0.2, 0) is 20.5 Å². The van der Waals surface area contributed by atoms with E-state index in [2.05, 4.69) is 0 Å². The number of anilines is 1. The summed E-state index contributed by atoms with van der Waals surface area (Å²) in [6.45, 7) is 1.49. The number of halogens is 5. The molecule has 156 valence electrons. The van der Waals surface area contributed by atoms with Crippen molar-refractivity contribution in [2.75, 3.05) is 12.0 Å². The first-order valence-electron chi connectivity index (χ1n) is 8.53. The van der Waals surface area contributed by atoms with Gasteiger partial charge >= 0.3 is 12.1 Å². The highest BCUT2D eigenvalue weighted by Crippen LogP contribution is 2.39. The average Bonchev–Trinajstić information content (AvgIpc) is 2.93. The van der Waals surface area contributed by atoms with Gasteiger partial charge in [-0.1, -0.05) is 41.4 Å². The maximum atomic E-state index is 13.4. The third kappa shape index (κ3) is 3.95. The van der Waals surface area contributed by atoms with Crippen LogP contribution in [-0.4, -0.2) is 19.0 Å². The van der Waals surface area contributed by atoms with Gasteiger partial charge in [-0.3, -0.25) is 9.69 Å². The molecule has 2 aromatic rings. The van der Waals surface area contributed by atoms with E-state index >= 15 is 0 Å². The molecule has 2 aromatic carbocycles. The Morgan fingerprint density at radius 2 is 1.77 bits per heavy atom. The van der Waals surface area contributed by atoms with Crippen LogP contribution < -0.4 is 4.90 Å². The molecule has 0 bridgehead atoms. The number of rotatable bonds is 3. The van der Waals surface area contributed by atoms with Crippen molar-refractivity contribution >= 4 is 46.8 Å². The molecule has 4 nitrogen and oxygen atoms in total. The first-order chi connectivity index (χ1) is 14.1. The minimum Gasteiger partial charge on any atom is -0.465 e. The fraction of sp³-hybridized carbons (Fsp3) is 0.143. The van der Waals surface area contributed by atoms with E-state index in [4.69, 9.17) is 27.9 Å². The summed E-state index contributed by atoms with van der Waals surface area (Å²) in [5.41, 5.74) is -1.03. The number of esters is 1. The van der Waals surface area contributed by atoms with Crippen molar-refractivity contribution in [3.8, 4) is 0 Å². The summed E-state index contributed by atoms with van der Waals surface area (Å²) in [6, 6.07) is 9.17. The molecule has 1 aliphatic rings.